The SMILES string of the molecule is Nc1cccnc1SCC(=O)N1CCCCCCC1. The summed E-state index contributed by atoms with van der Waals surface area (Å²) in [5.41, 5.74) is 6.47. The van der Waals surface area contributed by atoms with Crippen LogP contribution in [0.1, 0.15) is 32.1 Å². The number of pyridine rings is 1. The first kappa shape index (κ1) is 14.2. The molecule has 2 rings (SSSR count). The largest absolute Gasteiger partial charge is 0.397 e. The third-order valence-electron chi connectivity index (χ3n) is 3.34. The normalized spacial score (nSPS) is 16.7. The fourth-order valence-electron chi connectivity index (χ4n) is 2.24. The maximum absolute atomic E-state index is 12.2. The number of carbonyl (C=O) groups excluding carboxylic acids is 1. The van der Waals surface area contributed by atoms with Crippen molar-refractivity contribution < 1.29 is 4.79 Å². The predicted octanol–water partition coefficient (Wildman–Crippen LogP) is 2.55. The van der Waals surface area contributed by atoms with E-state index in [-0.39, 0.29) is 5.91 Å². The quantitative estimate of drug-likeness (QED) is 0.864. The van der Waals surface area contributed by atoms with Gasteiger partial charge in [0.05, 0.1) is 11.4 Å². The van der Waals surface area contributed by atoms with E-state index in [2.05, 4.69) is 4.98 Å². The zero-order valence-corrected chi connectivity index (χ0v) is 12.0. The highest BCUT2D eigenvalue weighted by molar-refractivity contribution is 8.00. The van der Waals surface area contributed by atoms with Gasteiger partial charge >= 0.3 is 0 Å². The van der Waals surface area contributed by atoms with E-state index in [4.69, 9.17) is 5.73 Å². The number of likely N-dealkylation sites (tertiary alicyclic amines) is 1. The van der Waals surface area contributed by atoms with Gasteiger partial charge in [-0.05, 0) is 25.0 Å². The zero-order valence-electron chi connectivity index (χ0n) is 11.2. The van der Waals surface area contributed by atoms with Gasteiger partial charge < -0.3 is 10.6 Å². The minimum Gasteiger partial charge on any atom is -0.397 e. The third kappa shape index (κ3) is 4.42. The summed E-state index contributed by atoms with van der Waals surface area (Å²) in [5.74, 6) is 0.637. The van der Waals surface area contributed by atoms with E-state index < -0.39 is 0 Å². The number of carbonyl (C=O) groups is 1. The maximum atomic E-state index is 12.2. The number of nitrogens with zero attached hydrogens (tertiary/aromatic N) is 2. The van der Waals surface area contributed by atoms with Crippen molar-refractivity contribution in [3.63, 3.8) is 0 Å². The molecule has 0 bridgehead atoms. The molecule has 1 fully saturated rings. The van der Waals surface area contributed by atoms with Crippen LogP contribution in [0.3, 0.4) is 0 Å². The summed E-state index contributed by atoms with van der Waals surface area (Å²) < 4.78 is 0. The van der Waals surface area contributed by atoms with Crippen molar-refractivity contribution in [1.29, 1.82) is 0 Å². The van der Waals surface area contributed by atoms with Crippen LogP contribution in [0.15, 0.2) is 23.4 Å². The molecule has 0 unspecified atom stereocenters. The number of hydrogen-bond donors (Lipinski definition) is 1. The highest BCUT2D eigenvalue weighted by atomic mass is 32.2. The summed E-state index contributed by atoms with van der Waals surface area (Å²) in [6.45, 7) is 1.80. The molecule has 5 heteroatoms. The second-order valence-electron chi connectivity index (χ2n) is 4.84. The molecule has 1 saturated heterocycles. The van der Waals surface area contributed by atoms with Crippen molar-refractivity contribution in [2.45, 2.75) is 37.1 Å². The molecule has 1 aliphatic heterocycles. The average Bonchev–Trinajstić information content (AvgIpc) is 2.37. The summed E-state index contributed by atoms with van der Waals surface area (Å²) >= 11 is 1.43. The van der Waals surface area contributed by atoms with Gasteiger partial charge in [-0.1, -0.05) is 31.0 Å². The molecule has 2 heterocycles. The van der Waals surface area contributed by atoms with Gasteiger partial charge in [0.25, 0.3) is 0 Å². The van der Waals surface area contributed by atoms with Gasteiger partial charge in [-0.2, -0.15) is 0 Å². The minimum atomic E-state index is 0.206. The summed E-state index contributed by atoms with van der Waals surface area (Å²) in [7, 11) is 0. The van der Waals surface area contributed by atoms with Crippen molar-refractivity contribution in [2.75, 3.05) is 24.6 Å². The van der Waals surface area contributed by atoms with Gasteiger partial charge in [0.2, 0.25) is 5.91 Å². The summed E-state index contributed by atoms with van der Waals surface area (Å²) in [6.07, 6.45) is 7.75. The van der Waals surface area contributed by atoms with E-state index in [9.17, 15) is 4.79 Å². The lowest BCUT2D eigenvalue weighted by Crippen LogP contribution is -2.35. The Morgan fingerprint density at radius 1 is 1.26 bits per heavy atom. The summed E-state index contributed by atoms with van der Waals surface area (Å²) in [4.78, 5) is 18.4. The first-order valence-electron chi connectivity index (χ1n) is 6.88. The zero-order chi connectivity index (χ0) is 13.5. The fourth-order valence-corrected chi connectivity index (χ4v) is 3.05. The Kier molecular flexibility index (Phi) is 5.51. The standard InChI is InChI=1S/C14H21N3OS/c15-12-7-6-8-16-14(12)19-11-13(18)17-9-4-2-1-3-5-10-17/h6-8H,1-5,9-11,15H2. The van der Waals surface area contributed by atoms with Gasteiger partial charge in [0, 0.05) is 19.3 Å². The second kappa shape index (κ2) is 7.38. The van der Waals surface area contributed by atoms with E-state index in [0.29, 0.717) is 11.4 Å². The molecule has 19 heavy (non-hydrogen) atoms. The maximum Gasteiger partial charge on any atom is 0.232 e. The van der Waals surface area contributed by atoms with Crippen LogP contribution in [0.5, 0.6) is 0 Å². The molecule has 1 aromatic heterocycles. The van der Waals surface area contributed by atoms with Crippen molar-refractivity contribution in [1.82, 2.24) is 9.88 Å². The molecule has 104 valence electrons. The first-order valence-corrected chi connectivity index (χ1v) is 7.87. The molecule has 0 spiro atoms. The number of nitrogen functional groups attached to an aromatic ring is 1. The lowest BCUT2D eigenvalue weighted by molar-refractivity contribution is -0.128. The van der Waals surface area contributed by atoms with E-state index >= 15 is 0 Å². The molecule has 1 aromatic rings. The Balaban J connectivity index is 1.84. The Labute approximate surface area is 118 Å². The molecule has 0 radical (unpaired) electrons. The molecular formula is C14H21N3OS. The fraction of sp³-hybridized carbons (Fsp3) is 0.571. The van der Waals surface area contributed by atoms with Crippen LogP contribution in [0.25, 0.3) is 0 Å². The number of hydrogen-bond acceptors (Lipinski definition) is 4. The monoisotopic (exact) mass is 279 g/mol. The van der Waals surface area contributed by atoms with E-state index in [1.807, 2.05) is 11.0 Å². The average molecular weight is 279 g/mol. The molecule has 2 N–H and O–H groups in total. The van der Waals surface area contributed by atoms with Gasteiger partial charge in [-0.15, -0.1) is 0 Å². The Morgan fingerprint density at radius 3 is 2.63 bits per heavy atom. The van der Waals surface area contributed by atoms with Crippen molar-refractivity contribution in [3.05, 3.63) is 18.3 Å². The number of anilines is 1. The number of rotatable bonds is 3. The third-order valence-corrected chi connectivity index (χ3v) is 4.35. The van der Waals surface area contributed by atoms with Gasteiger partial charge in [-0.3, -0.25) is 4.79 Å². The second-order valence-corrected chi connectivity index (χ2v) is 5.80. The Hall–Kier alpha value is -1.23. The van der Waals surface area contributed by atoms with Crippen molar-refractivity contribution >= 4 is 23.4 Å². The van der Waals surface area contributed by atoms with Crippen molar-refractivity contribution in [2.24, 2.45) is 0 Å². The van der Waals surface area contributed by atoms with Crippen LogP contribution in [-0.4, -0.2) is 34.6 Å². The molecular weight excluding hydrogens is 258 g/mol. The molecule has 4 nitrogen and oxygen atoms in total. The lowest BCUT2D eigenvalue weighted by atomic mass is 10.1. The highest BCUT2D eigenvalue weighted by Crippen LogP contribution is 2.22. The van der Waals surface area contributed by atoms with Gasteiger partial charge in [0.15, 0.2) is 0 Å². The van der Waals surface area contributed by atoms with Crippen LogP contribution in [0.2, 0.25) is 0 Å². The van der Waals surface area contributed by atoms with E-state index in [1.54, 1.807) is 12.3 Å². The number of thioether (sulfide) groups is 1. The minimum absolute atomic E-state index is 0.206. The van der Waals surface area contributed by atoms with Crippen LogP contribution in [0, 0.1) is 0 Å². The molecule has 0 atom stereocenters. The highest BCUT2D eigenvalue weighted by Gasteiger charge is 2.15. The lowest BCUT2D eigenvalue weighted by Gasteiger charge is -2.24. The molecule has 0 aliphatic carbocycles. The number of aromatic nitrogens is 1. The van der Waals surface area contributed by atoms with Crippen molar-refractivity contribution in [3.8, 4) is 0 Å². The Morgan fingerprint density at radius 2 is 1.95 bits per heavy atom. The van der Waals surface area contributed by atoms with E-state index in [0.717, 1.165) is 31.0 Å². The topological polar surface area (TPSA) is 59.2 Å². The molecule has 0 saturated carbocycles. The van der Waals surface area contributed by atoms with Crippen LogP contribution in [-0.2, 0) is 4.79 Å². The summed E-state index contributed by atoms with van der Waals surface area (Å²) in [6, 6.07) is 3.62. The Bertz CT molecular complexity index is 417. The van der Waals surface area contributed by atoms with E-state index in [1.165, 1.54) is 31.0 Å². The first-order chi connectivity index (χ1) is 9.27. The summed E-state index contributed by atoms with van der Waals surface area (Å²) in [5, 5.41) is 0.753. The molecule has 1 amide bonds. The van der Waals surface area contributed by atoms with Crippen LogP contribution < -0.4 is 5.73 Å². The number of nitrogens with two attached hydrogens (primary N) is 1. The van der Waals surface area contributed by atoms with Gasteiger partial charge in [-0.25, -0.2) is 4.98 Å². The molecule has 1 aliphatic rings. The van der Waals surface area contributed by atoms with Crippen LogP contribution in [0.4, 0.5) is 5.69 Å². The molecule has 0 aromatic carbocycles. The smallest absolute Gasteiger partial charge is 0.232 e. The van der Waals surface area contributed by atoms with Crippen LogP contribution >= 0.6 is 11.8 Å². The predicted molar refractivity (Wildman–Crippen MR) is 79.0 cm³/mol. The van der Waals surface area contributed by atoms with Gasteiger partial charge in [0.1, 0.15) is 5.03 Å². The number of amides is 1.